The van der Waals surface area contributed by atoms with Crippen LogP contribution in [0.1, 0.15) is 76.7 Å². The largest absolute Gasteiger partial charge is 0.291 e. The van der Waals surface area contributed by atoms with Crippen LogP contribution < -0.4 is 10.9 Å². The number of hydrazine groups is 1. The first-order valence-corrected chi connectivity index (χ1v) is 10.9. The Balaban J connectivity index is 1.88. The summed E-state index contributed by atoms with van der Waals surface area (Å²) in [4.78, 5) is 11.8. The third kappa shape index (κ3) is 15.0. The Morgan fingerprint density at radius 1 is 0.821 bits per heavy atom. The van der Waals surface area contributed by atoms with E-state index in [1.54, 1.807) is 0 Å². The van der Waals surface area contributed by atoms with Crippen molar-refractivity contribution in [2.75, 3.05) is 0 Å². The summed E-state index contributed by atoms with van der Waals surface area (Å²) in [5.74, 6) is 0.0781. The topological polar surface area (TPSA) is 41.1 Å². The summed E-state index contributed by atoms with van der Waals surface area (Å²) in [6, 6.07) is 10.1. The van der Waals surface area contributed by atoms with Crippen molar-refractivity contribution in [2.45, 2.75) is 77.7 Å². The summed E-state index contributed by atoms with van der Waals surface area (Å²) in [6.07, 6.45) is 24.1. The zero-order valence-electron chi connectivity index (χ0n) is 17.5. The molecule has 0 saturated heterocycles. The van der Waals surface area contributed by atoms with Crippen molar-refractivity contribution in [1.29, 1.82) is 0 Å². The number of nitrogens with one attached hydrogen (secondary N) is 2. The Kier molecular flexibility index (Phi) is 15.6. The molecule has 3 heteroatoms. The van der Waals surface area contributed by atoms with E-state index in [2.05, 4.69) is 54.2 Å². The van der Waals surface area contributed by atoms with Crippen LogP contribution in [0.2, 0.25) is 0 Å². The van der Waals surface area contributed by atoms with E-state index in [9.17, 15) is 4.79 Å². The molecule has 28 heavy (non-hydrogen) atoms. The fourth-order valence-electron chi connectivity index (χ4n) is 2.78. The number of carbonyl (C=O) groups excluding carboxylic acids is 1. The average molecular weight is 383 g/mol. The molecule has 0 radical (unpaired) electrons. The second-order valence-corrected chi connectivity index (χ2v) is 7.08. The van der Waals surface area contributed by atoms with Crippen LogP contribution in [-0.4, -0.2) is 5.91 Å². The summed E-state index contributed by atoms with van der Waals surface area (Å²) >= 11 is 0. The molecule has 0 aromatic heterocycles. The maximum atomic E-state index is 11.8. The smallest absolute Gasteiger partial charge is 0.234 e. The van der Waals surface area contributed by atoms with Crippen LogP contribution in [-0.2, 0) is 11.3 Å². The lowest BCUT2D eigenvalue weighted by Crippen LogP contribution is -2.36. The fraction of sp³-hybridized carbons (Fsp3) is 0.480. The lowest BCUT2D eigenvalue weighted by Gasteiger charge is -2.07. The van der Waals surface area contributed by atoms with Gasteiger partial charge in [0.15, 0.2) is 0 Å². The highest BCUT2D eigenvalue weighted by Gasteiger charge is 2.00. The molecule has 0 aliphatic rings. The van der Waals surface area contributed by atoms with Gasteiger partial charge in [0, 0.05) is 13.0 Å². The normalized spacial score (nSPS) is 11.8. The predicted octanol–water partition coefficient (Wildman–Crippen LogP) is 6.40. The lowest BCUT2D eigenvalue weighted by molar-refractivity contribution is -0.122. The number of rotatable bonds is 16. The number of hydrogen-bond donors (Lipinski definition) is 2. The predicted molar refractivity (Wildman–Crippen MR) is 121 cm³/mol. The molecule has 0 bridgehead atoms. The van der Waals surface area contributed by atoms with E-state index in [0.29, 0.717) is 13.0 Å². The summed E-state index contributed by atoms with van der Waals surface area (Å²) in [5, 5.41) is 0. The molecule has 0 unspecified atom stereocenters. The van der Waals surface area contributed by atoms with Crippen LogP contribution in [0.15, 0.2) is 66.8 Å². The molecular weight excluding hydrogens is 344 g/mol. The van der Waals surface area contributed by atoms with Crippen molar-refractivity contribution in [2.24, 2.45) is 0 Å². The molecule has 0 spiro atoms. The van der Waals surface area contributed by atoms with E-state index in [1.165, 1.54) is 38.5 Å². The molecule has 0 fully saturated rings. The Morgan fingerprint density at radius 2 is 1.46 bits per heavy atom. The molecule has 0 atom stereocenters. The molecule has 0 aliphatic carbocycles. The van der Waals surface area contributed by atoms with Gasteiger partial charge in [-0.05, 0) is 31.2 Å². The number of hydrogen-bond acceptors (Lipinski definition) is 2. The van der Waals surface area contributed by atoms with Gasteiger partial charge < -0.3 is 0 Å². The monoisotopic (exact) mass is 382 g/mol. The first-order chi connectivity index (χ1) is 13.8. The molecule has 0 heterocycles. The SMILES string of the molecule is CCCC/C=C/C=C\C=C\CCCCCCCC(=O)NNCc1ccccc1. The van der Waals surface area contributed by atoms with Crippen molar-refractivity contribution in [3.05, 3.63) is 72.4 Å². The van der Waals surface area contributed by atoms with Crippen LogP contribution in [0.4, 0.5) is 0 Å². The summed E-state index contributed by atoms with van der Waals surface area (Å²) in [6.45, 7) is 2.87. The first kappa shape index (κ1) is 23.9. The van der Waals surface area contributed by atoms with Crippen LogP contribution in [0.3, 0.4) is 0 Å². The number of amides is 1. The van der Waals surface area contributed by atoms with Gasteiger partial charge in [-0.2, -0.15) is 0 Å². The van der Waals surface area contributed by atoms with Gasteiger partial charge in [0.1, 0.15) is 0 Å². The Bertz CT molecular complexity index is 575. The van der Waals surface area contributed by atoms with Crippen LogP contribution in [0.5, 0.6) is 0 Å². The van der Waals surface area contributed by atoms with E-state index in [0.717, 1.165) is 24.8 Å². The molecule has 2 N–H and O–H groups in total. The lowest BCUT2D eigenvalue weighted by atomic mass is 10.1. The molecule has 1 amide bonds. The maximum absolute atomic E-state index is 11.8. The standard InChI is InChI=1S/C25H38N2O/c1-2-3-4-5-6-7-8-9-10-11-12-13-14-15-19-22-25(28)27-26-23-24-20-17-16-18-21-24/h5-10,16-18,20-21,26H,2-4,11-15,19,22-23H2,1H3,(H,27,28)/b6-5+,8-7-,10-9+. The van der Waals surface area contributed by atoms with E-state index < -0.39 is 0 Å². The van der Waals surface area contributed by atoms with Gasteiger partial charge in [0.05, 0.1) is 0 Å². The summed E-state index contributed by atoms with van der Waals surface area (Å²) < 4.78 is 0. The van der Waals surface area contributed by atoms with E-state index in [4.69, 9.17) is 0 Å². The van der Waals surface area contributed by atoms with E-state index in [1.807, 2.05) is 30.3 Å². The highest BCUT2D eigenvalue weighted by Crippen LogP contribution is 2.07. The second kappa shape index (κ2) is 18.2. The van der Waals surface area contributed by atoms with Gasteiger partial charge in [-0.15, -0.1) is 0 Å². The third-order valence-electron chi connectivity index (χ3n) is 4.47. The molecule has 154 valence electrons. The van der Waals surface area contributed by atoms with Crippen molar-refractivity contribution in [1.82, 2.24) is 10.9 Å². The van der Waals surface area contributed by atoms with Gasteiger partial charge in [-0.3, -0.25) is 10.2 Å². The van der Waals surface area contributed by atoms with Gasteiger partial charge in [-0.25, -0.2) is 5.43 Å². The van der Waals surface area contributed by atoms with Gasteiger partial charge >= 0.3 is 0 Å². The molecule has 0 saturated carbocycles. The number of carbonyl (C=O) groups is 1. The molecule has 1 aromatic rings. The van der Waals surface area contributed by atoms with E-state index in [-0.39, 0.29) is 5.91 Å². The average Bonchev–Trinajstić information content (AvgIpc) is 2.71. The van der Waals surface area contributed by atoms with Crippen LogP contribution in [0, 0.1) is 0 Å². The zero-order valence-corrected chi connectivity index (χ0v) is 17.5. The Labute approximate surface area is 172 Å². The van der Waals surface area contributed by atoms with Gasteiger partial charge in [0.2, 0.25) is 5.91 Å². The minimum absolute atomic E-state index is 0.0781. The molecule has 1 aromatic carbocycles. The van der Waals surface area contributed by atoms with Crippen molar-refractivity contribution >= 4 is 5.91 Å². The molecule has 1 rings (SSSR count). The number of allylic oxidation sites excluding steroid dienone is 6. The summed E-state index contributed by atoms with van der Waals surface area (Å²) in [5.41, 5.74) is 6.92. The van der Waals surface area contributed by atoms with Crippen molar-refractivity contribution in [3.63, 3.8) is 0 Å². The fourth-order valence-corrected chi connectivity index (χ4v) is 2.78. The highest BCUT2D eigenvalue weighted by molar-refractivity contribution is 5.75. The van der Waals surface area contributed by atoms with E-state index >= 15 is 0 Å². The van der Waals surface area contributed by atoms with Gasteiger partial charge in [-0.1, -0.05) is 106 Å². The highest BCUT2D eigenvalue weighted by atomic mass is 16.2. The van der Waals surface area contributed by atoms with Crippen LogP contribution >= 0.6 is 0 Å². The minimum atomic E-state index is 0.0781. The summed E-state index contributed by atoms with van der Waals surface area (Å²) in [7, 11) is 0. The number of unbranched alkanes of at least 4 members (excludes halogenated alkanes) is 7. The van der Waals surface area contributed by atoms with Crippen LogP contribution in [0.25, 0.3) is 0 Å². The second-order valence-electron chi connectivity index (χ2n) is 7.08. The quantitative estimate of drug-likeness (QED) is 0.197. The third-order valence-corrected chi connectivity index (χ3v) is 4.47. The molecule has 3 nitrogen and oxygen atoms in total. The first-order valence-electron chi connectivity index (χ1n) is 10.9. The van der Waals surface area contributed by atoms with Crippen molar-refractivity contribution in [3.8, 4) is 0 Å². The maximum Gasteiger partial charge on any atom is 0.234 e. The minimum Gasteiger partial charge on any atom is -0.291 e. The zero-order chi connectivity index (χ0) is 20.1. The van der Waals surface area contributed by atoms with Gasteiger partial charge in [0.25, 0.3) is 0 Å². The number of benzene rings is 1. The molecular formula is C25H38N2O. The molecule has 0 aliphatic heterocycles. The Morgan fingerprint density at radius 3 is 2.18 bits per heavy atom. The van der Waals surface area contributed by atoms with Crippen molar-refractivity contribution < 1.29 is 4.79 Å². The Hall–Kier alpha value is -2.13.